The van der Waals surface area contributed by atoms with E-state index < -0.39 is 10.0 Å². The Morgan fingerprint density at radius 1 is 1.21 bits per heavy atom. The molecule has 8 heteroatoms. The summed E-state index contributed by atoms with van der Waals surface area (Å²) in [5.74, 6) is 0.628. The summed E-state index contributed by atoms with van der Waals surface area (Å²) in [6, 6.07) is 12.7. The van der Waals surface area contributed by atoms with E-state index in [2.05, 4.69) is 5.32 Å². The molecule has 1 N–H and O–H groups in total. The molecule has 0 atom stereocenters. The molecule has 2 rings (SSSR count). The normalized spacial score (nSPS) is 11.2. The van der Waals surface area contributed by atoms with Crippen molar-refractivity contribution in [3.63, 3.8) is 0 Å². The van der Waals surface area contributed by atoms with E-state index in [0.717, 1.165) is 23.1 Å². The standard InChI is InChI=1S/C21H27ClN2O4S/c1-4-28-19-8-5-7-17(13-19)15-23-21(25)9-6-12-24(29(3,26)27)20-14-18(22)11-10-16(20)2/h5,7-8,10-11,13-14H,4,6,9,12,15H2,1-3H3,(H,23,25). The topological polar surface area (TPSA) is 75.7 Å². The first-order valence-corrected chi connectivity index (χ1v) is 11.7. The van der Waals surface area contributed by atoms with Gasteiger partial charge < -0.3 is 10.1 Å². The van der Waals surface area contributed by atoms with Crippen molar-refractivity contribution in [3.05, 3.63) is 58.6 Å². The maximum atomic E-state index is 12.2. The Morgan fingerprint density at radius 2 is 1.97 bits per heavy atom. The third-order valence-electron chi connectivity index (χ3n) is 4.30. The highest BCUT2D eigenvalue weighted by Gasteiger charge is 2.19. The number of halogens is 1. The zero-order valence-corrected chi connectivity index (χ0v) is 18.5. The number of carbonyl (C=O) groups is 1. The number of sulfonamides is 1. The van der Waals surface area contributed by atoms with Crippen LogP contribution in [0.2, 0.25) is 5.02 Å². The number of hydrogen-bond acceptors (Lipinski definition) is 4. The zero-order valence-electron chi connectivity index (χ0n) is 16.9. The SMILES string of the molecule is CCOc1cccc(CNC(=O)CCCN(c2cc(Cl)ccc2C)S(C)(=O)=O)c1. The summed E-state index contributed by atoms with van der Waals surface area (Å²) in [7, 11) is -3.49. The van der Waals surface area contributed by atoms with Gasteiger partial charge in [-0.05, 0) is 55.7 Å². The molecule has 0 aliphatic heterocycles. The van der Waals surface area contributed by atoms with Crippen LogP contribution >= 0.6 is 11.6 Å². The molecule has 0 bridgehead atoms. The van der Waals surface area contributed by atoms with Crippen LogP contribution in [-0.2, 0) is 21.4 Å². The van der Waals surface area contributed by atoms with Crippen molar-refractivity contribution >= 4 is 33.2 Å². The first-order valence-electron chi connectivity index (χ1n) is 9.43. The smallest absolute Gasteiger partial charge is 0.232 e. The molecule has 0 spiro atoms. The number of anilines is 1. The molecule has 2 aromatic rings. The predicted molar refractivity (Wildman–Crippen MR) is 117 cm³/mol. The maximum absolute atomic E-state index is 12.2. The third-order valence-corrected chi connectivity index (χ3v) is 5.72. The molecule has 0 heterocycles. The van der Waals surface area contributed by atoms with Crippen molar-refractivity contribution in [1.82, 2.24) is 5.32 Å². The van der Waals surface area contributed by atoms with Gasteiger partial charge in [0.15, 0.2) is 0 Å². The molecule has 0 unspecified atom stereocenters. The summed E-state index contributed by atoms with van der Waals surface area (Å²) < 4.78 is 31.2. The van der Waals surface area contributed by atoms with Crippen LogP contribution in [0.1, 0.15) is 30.9 Å². The molecular weight excluding hydrogens is 412 g/mol. The van der Waals surface area contributed by atoms with Crippen molar-refractivity contribution in [2.75, 3.05) is 23.7 Å². The summed E-state index contributed by atoms with van der Waals surface area (Å²) in [5, 5.41) is 3.32. The summed E-state index contributed by atoms with van der Waals surface area (Å²) >= 11 is 6.03. The predicted octanol–water partition coefficient (Wildman–Crippen LogP) is 3.91. The summed E-state index contributed by atoms with van der Waals surface area (Å²) in [4.78, 5) is 12.2. The third kappa shape index (κ3) is 7.25. The van der Waals surface area contributed by atoms with Crippen LogP contribution < -0.4 is 14.4 Å². The van der Waals surface area contributed by atoms with E-state index >= 15 is 0 Å². The number of ether oxygens (including phenoxy) is 1. The summed E-state index contributed by atoms with van der Waals surface area (Å²) in [5.41, 5.74) is 2.28. The molecule has 0 saturated heterocycles. The average Bonchev–Trinajstić information content (AvgIpc) is 2.65. The first kappa shape index (κ1) is 23.0. The van der Waals surface area contributed by atoms with E-state index in [1.54, 1.807) is 18.2 Å². The number of nitrogens with zero attached hydrogens (tertiary/aromatic N) is 1. The number of aryl methyl sites for hydroxylation is 1. The van der Waals surface area contributed by atoms with Crippen LogP contribution in [0.25, 0.3) is 0 Å². The Hall–Kier alpha value is -2.25. The number of carbonyl (C=O) groups excluding carboxylic acids is 1. The van der Waals surface area contributed by atoms with Gasteiger partial charge in [0.05, 0.1) is 18.6 Å². The second kappa shape index (κ2) is 10.5. The van der Waals surface area contributed by atoms with Crippen molar-refractivity contribution in [3.8, 4) is 5.75 Å². The molecule has 0 fully saturated rings. The first-order chi connectivity index (χ1) is 13.7. The number of hydrogen-bond donors (Lipinski definition) is 1. The second-order valence-electron chi connectivity index (χ2n) is 6.73. The highest BCUT2D eigenvalue weighted by molar-refractivity contribution is 7.92. The lowest BCUT2D eigenvalue weighted by Gasteiger charge is -2.24. The quantitative estimate of drug-likeness (QED) is 0.610. The van der Waals surface area contributed by atoms with Crippen molar-refractivity contribution < 1.29 is 17.9 Å². The van der Waals surface area contributed by atoms with Gasteiger partial charge in [-0.2, -0.15) is 0 Å². The van der Waals surface area contributed by atoms with Crippen LogP contribution in [0, 0.1) is 6.92 Å². The lowest BCUT2D eigenvalue weighted by atomic mass is 10.2. The van der Waals surface area contributed by atoms with Gasteiger partial charge in [-0.15, -0.1) is 0 Å². The summed E-state index contributed by atoms with van der Waals surface area (Å²) in [6.07, 6.45) is 1.76. The Balaban J connectivity index is 1.91. The maximum Gasteiger partial charge on any atom is 0.232 e. The fourth-order valence-corrected chi connectivity index (χ4v) is 4.08. The molecule has 2 aromatic carbocycles. The molecule has 0 saturated carbocycles. The Kier molecular flexibility index (Phi) is 8.34. The van der Waals surface area contributed by atoms with Gasteiger partial charge in [-0.1, -0.05) is 29.8 Å². The molecule has 0 aliphatic rings. The Labute approximate surface area is 177 Å². The van der Waals surface area contributed by atoms with E-state index in [9.17, 15) is 13.2 Å². The molecule has 0 aliphatic carbocycles. The highest BCUT2D eigenvalue weighted by Crippen LogP contribution is 2.26. The van der Waals surface area contributed by atoms with E-state index in [-0.39, 0.29) is 18.9 Å². The molecule has 29 heavy (non-hydrogen) atoms. The van der Waals surface area contributed by atoms with Crippen LogP contribution in [-0.4, -0.2) is 33.7 Å². The average molecular weight is 439 g/mol. The van der Waals surface area contributed by atoms with Gasteiger partial charge in [0.25, 0.3) is 0 Å². The largest absolute Gasteiger partial charge is 0.494 e. The number of amides is 1. The molecule has 158 valence electrons. The van der Waals surface area contributed by atoms with E-state index in [1.165, 1.54) is 4.31 Å². The van der Waals surface area contributed by atoms with Crippen LogP contribution in [0.4, 0.5) is 5.69 Å². The monoisotopic (exact) mass is 438 g/mol. The number of benzene rings is 2. The van der Waals surface area contributed by atoms with Gasteiger partial charge >= 0.3 is 0 Å². The summed E-state index contributed by atoms with van der Waals surface area (Å²) in [6.45, 7) is 4.92. The molecule has 0 aromatic heterocycles. The Bertz CT molecular complexity index is 947. The van der Waals surface area contributed by atoms with Gasteiger partial charge in [-0.3, -0.25) is 9.10 Å². The molecule has 6 nitrogen and oxygen atoms in total. The van der Waals surface area contributed by atoms with Gasteiger partial charge in [0, 0.05) is 24.5 Å². The fraction of sp³-hybridized carbons (Fsp3) is 0.381. The van der Waals surface area contributed by atoms with E-state index in [1.807, 2.05) is 38.1 Å². The molecule has 0 radical (unpaired) electrons. The van der Waals surface area contributed by atoms with E-state index in [0.29, 0.717) is 30.3 Å². The minimum Gasteiger partial charge on any atom is -0.494 e. The molecule has 1 amide bonds. The van der Waals surface area contributed by atoms with Crippen molar-refractivity contribution in [2.45, 2.75) is 33.2 Å². The number of nitrogens with one attached hydrogen (secondary N) is 1. The minimum absolute atomic E-state index is 0.136. The van der Waals surface area contributed by atoms with Gasteiger partial charge in [0.1, 0.15) is 5.75 Å². The minimum atomic E-state index is -3.49. The van der Waals surface area contributed by atoms with Gasteiger partial charge in [0.2, 0.25) is 15.9 Å². The lowest BCUT2D eigenvalue weighted by Crippen LogP contribution is -2.32. The highest BCUT2D eigenvalue weighted by atomic mass is 35.5. The molecular formula is C21H27ClN2O4S. The zero-order chi connectivity index (χ0) is 21.4. The second-order valence-corrected chi connectivity index (χ2v) is 9.07. The van der Waals surface area contributed by atoms with Crippen molar-refractivity contribution in [1.29, 1.82) is 0 Å². The van der Waals surface area contributed by atoms with Crippen molar-refractivity contribution in [2.24, 2.45) is 0 Å². The lowest BCUT2D eigenvalue weighted by molar-refractivity contribution is -0.121. The number of rotatable bonds is 10. The van der Waals surface area contributed by atoms with Crippen LogP contribution in [0.15, 0.2) is 42.5 Å². The van der Waals surface area contributed by atoms with Crippen LogP contribution in [0.5, 0.6) is 5.75 Å². The van der Waals surface area contributed by atoms with E-state index in [4.69, 9.17) is 16.3 Å². The van der Waals surface area contributed by atoms with Gasteiger partial charge in [-0.25, -0.2) is 8.42 Å². The van der Waals surface area contributed by atoms with Crippen LogP contribution in [0.3, 0.4) is 0 Å². The Morgan fingerprint density at radius 3 is 2.66 bits per heavy atom. The fourth-order valence-electron chi connectivity index (χ4n) is 2.90.